The molecule has 6 nitrogen and oxygen atoms in total. The Kier molecular flexibility index (Phi) is 8.61. The Hall–Kier alpha value is -3.64. The lowest BCUT2D eigenvalue weighted by Gasteiger charge is -2.13. The van der Waals surface area contributed by atoms with E-state index in [4.69, 9.17) is 16.3 Å². The van der Waals surface area contributed by atoms with E-state index in [1.54, 1.807) is 6.07 Å². The average molecular weight is 464 g/mol. The Morgan fingerprint density at radius 3 is 2.27 bits per heavy atom. The molecule has 0 aliphatic carbocycles. The summed E-state index contributed by atoms with van der Waals surface area (Å²) in [7, 11) is 0. The van der Waals surface area contributed by atoms with Crippen LogP contribution in [0.2, 0.25) is 5.02 Å². The minimum absolute atomic E-state index is 0.396. The zero-order valence-corrected chi connectivity index (χ0v) is 19.4. The maximum atomic E-state index is 12.4. The highest BCUT2D eigenvalue weighted by atomic mass is 35.5. The number of hydrogen-bond donors (Lipinski definition) is 2. The molecule has 170 valence electrons. The highest BCUT2D eigenvalue weighted by molar-refractivity contribution is 6.39. The predicted molar refractivity (Wildman–Crippen MR) is 132 cm³/mol. The zero-order chi connectivity index (χ0) is 23.6. The lowest BCUT2D eigenvalue weighted by atomic mass is 10.0. The first-order valence-corrected chi connectivity index (χ1v) is 11.1. The first kappa shape index (κ1) is 24.0. The third kappa shape index (κ3) is 6.92. The van der Waals surface area contributed by atoms with Crippen molar-refractivity contribution >= 4 is 35.3 Å². The van der Waals surface area contributed by atoms with Crippen molar-refractivity contribution in [1.82, 2.24) is 5.43 Å². The fraction of sp³-hybridized carbons (Fsp3) is 0.192. The van der Waals surface area contributed by atoms with E-state index in [0.717, 1.165) is 29.5 Å². The van der Waals surface area contributed by atoms with Crippen LogP contribution in [-0.2, 0) is 29.0 Å². The standard InChI is InChI=1S/C26H26ClN3O3/c1-3-20-8-6-9-21(4-2)24(20)29-25(31)26(32)30-28-16-19-7-5-10-23(15-19)33-17-18-11-13-22(27)14-12-18/h5-16H,3-4,17H2,1-2H3,(H,29,31)(H,30,32)/b28-16-. The second-order valence-electron chi connectivity index (χ2n) is 7.30. The van der Waals surface area contributed by atoms with Gasteiger partial charge in [-0.2, -0.15) is 5.10 Å². The third-order valence-electron chi connectivity index (χ3n) is 5.00. The van der Waals surface area contributed by atoms with Crippen molar-refractivity contribution in [3.63, 3.8) is 0 Å². The van der Waals surface area contributed by atoms with Gasteiger partial charge in [0.05, 0.1) is 6.21 Å². The van der Waals surface area contributed by atoms with E-state index in [9.17, 15) is 9.59 Å². The molecular weight excluding hydrogens is 438 g/mol. The van der Waals surface area contributed by atoms with Crippen molar-refractivity contribution in [2.24, 2.45) is 5.10 Å². The molecule has 3 aromatic carbocycles. The van der Waals surface area contributed by atoms with Crippen LogP contribution in [0.4, 0.5) is 5.69 Å². The van der Waals surface area contributed by atoms with Gasteiger partial charge in [0, 0.05) is 10.7 Å². The largest absolute Gasteiger partial charge is 0.489 e. The predicted octanol–water partition coefficient (Wildman–Crippen LogP) is 5.13. The van der Waals surface area contributed by atoms with E-state index in [-0.39, 0.29) is 0 Å². The van der Waals surface area contributed by atoms with Crippen LogP contribution in [0.5, 0.6) is 5.75 Å². The van der Waals surface area contributed by atoms with Gasteiger partial charge in [-0.1, -0.05) is 67.9 Å². The van der Waals surface area contributed by atoms with Crippen LogP contribution in [0.3, 0.4) is 0 Å². The van der Waals surface area contributed by atoms with E-state index in [1.165, 1.54) is 6.21 Å². The van der Waals surface area contributed by atoms with Gasteiger partial charge in [-0.05, 0) is 59.4 Å². The van der Waals surface area contributed by atoms with Gasteiger partial charge in [0.1, 0.15) is 12.4 Å². The number of carbonyl (C=O) groups is 2. The second-order valence-corrected chi connectivity index (χ2v) is 7.74. The van der Waals surface area contributed by atoms with E-state index in [0.29, 0.717) is 28.6 Å². The lowest BCUT2D eigenvalue weighted by molar-refractivity contribution is -0.136. The summed E-state index contributed by atoms with van der Waals surface area (Å²) in [5.74, 6) is -0.946. The molecule has 7 heteroatoms. The molecule has 0 atom stereocenters. The molecule has 0 fully saturated rings. The Morgan fingerprint density at radius 1 is 0.939 bits per heavy atom. The number of anilines is 1. The summed E-state index contributed by atoms with van der Waals surface area (Å²) in [5, 5.41) is 7.30. The molecule has 0 aliphatic heterocycles. The monoisotopic (exact) mass is 463 g/mol. The summed E-state index contributed by atoms with van der Waals surface area (Å²) >= 11 is 5.90. The Bertz CT molecular complexity index is 1120. The Morgan fingerprint density at radius 2 is 1.61 bits per heavy atom. The molecule has 0 saturated carbocycles. The number of aryl methyl sites for hydroxylation is 2. The summed E-state index contributed by atoms with van der Waals surface area (Å²) in [6, 6.07) is 20.5. The van der Waals surface area contributed by atoms with Crippen molar-refractivity contribution in [3.05, 3.63) is 94.0 Å². The number of para-hydroxylation sites is 1. The highest BCUT2D eigenvalue weighted by Gasteiger charge is 2.16. The highest BCUT2D eigenvalue weighted by Crippen LogP contribution is 2.22. The summed E-state index contributed by atoms with van der Waals surface area (Å²) in [5.41, 5.74) is 6.64. The van der Waals surface area contributed by atoms with Crippen molar-refractivity contribution in [2.75, 3.05) is 5.32 Å². The van der Waals surface area contributed by atoms with E-state index in [2.05, 4.69) is 15.8 Å². The van der Waals surface area contributed by atoms with E-state index in [1.807, 2.05) is 74.5 Å². The fourth-order valence-corrected chi connectivity index (χ4v) is 3.35. The maximum absolute atomic E-state index is 12.4. The van der Waals surface area contributed by atoms with Crippen molar-refractivity contribution in [1.29, 1.82) is 0 Å². The number of rotatable bonds is 8. The van der Waals surface area contributed by atoms with Gasteiger partial charge in [-0.15, -0.1) is 0 Å². The molecule has 0 saturated heterocycles. The van der Waals surface area contributed by atoms with Crippen LogP contribution in [0.25, 0.3) is 0 Å². The molecule has 2 N–H and O–H groups in total. The number of carbonyl (C=O) groups excluding carboxylic acids is 2. The fourth-order valence-electron chi connectivity index (χ4n) is 3.22. The van der Waals surface area contributed by atoms with Crippen molar-refractivity contribution in [3.8, 4) is 5.75 Å². The Balaban J connectivity index is 1.56. The molecule has 0 unspecified atom stereocenters. The molecule has 0 radical (unpaired) electrons. The minimum atomic E-state index is -0.839. The number of benzene rings is 3. The number of amides is 2. The van der Waals surface area contributed by atoms with Crippen LogP contribution < -0.4 is 15.5 Å². The van der Waals surface area contributed by atoms with Crippen LogP contribution in [0, 0.1) is 0 Å². The molecule has 33 heavy (non-hydrogen) atoms. The number of hydrogen-bond acceptors (Lipinski definition) is 4. The third-order valence-corrected chi connectivity index (χ3v) is 5.25. The van der Waals surface area contributed by atoms with Gasteiger partial charge in [0.25, 0.3) is 0 Å². The van der Waals surface area contributed by atoms with Gasteiger partial charge < -0.3 is 10.1 Å². The van der Waals surface area contributed by atoms with Crippen molar-refractivity contribution < 1.29 is 14.3 Å². The molecule has 0 heterocycles. The van der Waals surface area contributed by atoms with E-state index < -0.39 is 11.8 Å². The maximum Gasteiger partial charge on any atom is 0.329 e. The lowest BCUT2D eigenvalue weighted by Crippen LogP contribution is -2.33. The topological polar surface area (TPSA) is 79.8 Å². The summed E-state index contributed by atoms with van der Waals surface area (Å²) in [6.45, 7) is 4.40. The molecule has 3 aromatic rings. The van der Waals surface area contributed by atoms with Gasteiger partial charge in [-0.3, -0.25) is 9.59 Å². The first-order chi connectivity index (χ1) is 16.0. The number of ether oxygens (including phenoxy) is 1. The number of hydrazone groups is 1. The number of nitrogens with one attached hydrogen (secondary N) is 2. The van der Waals surface area contributed by atoms with Crippen LogP contribution in [-0.4, -0.2) is 18.0 Å². The molecule has 0 aliphatic rings. The normalized spacial score (nSPS) is 10.8. The average Bonchev–Trinajstić information content (AvgIpc) is 2.84. The minimum Gasteiger partial charge on any atom is -0.489 e. The molecule has 3 rings (SSSR count). The van der Waals surface area contributed by atoms with Crippen LogP contribution >= 0.6 is 11.6 Å². The smallest absolute Gasteiger partial charge is 0.329 e. The molecule has 2 amide bonds. The second kappa shape index (κ2) is 11.8. The molecule has 0 aromatic heterocycles. The summed E-state index contributed by atoms with van der Waals surface area (Å²) in [6.07, 6.45) is 2.96. The van der Waals surface area contributed by atoms with E-state index >= 15 is 0 Å². The molecular formula is C26H26ClN3O3. The number of nitrogens with zero attached hydrogens (tertiary/aromatic N) is 1. The summed E-state index contributed by atoms with van der Waals surface area (Å²) < 4.78 is 5.79. The first-order valence-electron chi connectivity index (χ1n) is 10.7. The summed E-state index contributed by atoms with van der Waals surface area (Å²) in [4.78, 5) is 24.6. The molecule has 0 spiro atoms. The van der Waals surface area contributed by atoms with Crippen LogP contribution in [0.15, 0.2) is 71.8 Å². The number of halogens is 1. The van der Waals surface area contributed by atoms with Gasteiger partial charge >= 0.3 is 11.8 Å². The zero-order valence-electron chi connectivity index (χ0n) is 18.6. The van der Waals surface area contributed by atoms with Crippen LogP contribution in [0.1, 0.15) is 36.1 Å². The SMILES string of the molecule is CCc1cccc(CC)c1NC(=O)C(=O)N/N=C\c1cccc(OCc2ccc(Cl)cc2)c1. The van der Waals surface area contributed by atoms with Gasteiger partial charge in [0.15, 0.2) is 0 Å². The van der Waals surface area contributed by atoms with Gasteiger partial charge in [0.2, 0.25) is 0 Å². The van der Waals surface area contributed by atoms with Crippen molar-refractivity contribution in [2.45, 2.75) is 33.3 Å². The molecule has 0 bridgehead atoms. The Labute approximate surface area is 198 Å². The van der Waals surface area contributed by atoms with Gasteiger partial charge in [-0.25, -0.2) is 5.43 Å². The quantitative estimate of drug-likeness (QED) is 0.276.